The molecule has 9 heteroatoms. The van der Waals surface area contributed by atoms with Crippen molar-refractivity contribution in [3.8, 4) is 0 Å². The van der Waals surface area contributed by atoms with E-state index in [9.17, 15) is 13.2 Å². The van der Waals surface area contributed by atoms with Crippen LogP contribution in [0.25, 0.3) is 0 Å². The number of aromatic amines is 1. The summed E-state index contributed by atoms with van der Waals surface area (Å²) in [5, 5.41) is 7.52. The monoisotopic (exact) mass is 404 g/mol. The standard InChI is InChI=1S/C19H24N4O4S/c1-27-19(24)14-4-6-16(7-5-14)28(25,26)22-15-8-10-23(11-9-15)18-12-17(20-21-18)13-2-3-13/h4-7,12-13,15,22H,2-3,8-11H2,1H3,(H,20,21). The first-order chi connectivity index (χ1) is 13.5. The lowest BCUT2D eigenvalue weighted by molar-refractivity contribution is 0.0600. The van der Waals surface area contributed by atoms with Crippen molar-refractivity contribution in [1.82, 2.24) is 14.9 Å². The number of anilines is 1. The van der Waals surface area contributed by atoms with Crippen molar-refractivity contribution < 1.29 is 17.9 Å². The molecular formula is C19H24N4O4S. The van der Waals surface area contributed by atoms with Crippen LogP contribution in [-0.4, -0.2) is 50.8 Å². The van der Waals surface area contributed by atoms with Crippen molar-refractivity contribution in [3.05, 3.63) is 41.6 Å². The van der Waals surface area contributed by atoms with E-state index in [0.29, 0.717) is 24.3 Å². The highest BCUT2D eigenvalue weighted by atomic mass is 32.2. The Morgan fingerprint density at radius 1 is 1.18 bits per heavy atom. The number of nitrogens with zero attached hydrogens (tertiary/aromatic N) is 2. The third-order valence-corrected chi connectivity index (χ3v) is 6.86. The summed E-state index contributed by atoms with van der Waals surface area (Å²) in [5.74, 6) is 1.09. The number of carbonyl (C=O) groups is 1. The van der Waals surface area contributed by atoms with E-state index < -0.39 is 16.0 Å². The molecule has 150 valence electrons. The van der Waals surface area contributed by atoms with E-state index in [4.69, 9.17) is 0 Å². The van der Waals surface area contributed by atoms with Gasteiger partial charge in [-0.2, -0.15) is 5.10 Å². The highest BCUT2D eigenvalue weighted by molar-refractivity contribution is 7.89. The zero-order valence-corrected chi connectivity index (χ0v) is 16.5. The van der Waals surface area contributed by atoms with Crippen molar-refractivity contribution in [1.29, 1.82) is 0 Å². The molecule has 0 spiro atoms. The first-order valence-corrected chi connectivity index (χ1v) is 11.0. The average molecular weight is 404 g/mol. The number of nitrogens with one attached hydrogen (secondary N) is 2. The van der Waals surface area contributed by atoms with E-state index in [-0.39, 0.29) is 10.9 Å². The summed E-state index contributed by atoms with van der Waals surface area (Å²) in [4.78, 5) is 13.8. The van der Waals surface area contributed by atoms with E-state index in [1.165, 1.54) is 49.9 Å². The third kappa shape index (κ3) is 4.05. The molecule has 0 radical (unpaired) electrons. The van der Waals surface area contributed by atoms with Gasteiger partial charge in [-0.25, -0.2) is 17.9 Å². The smallest absolute Gasteiger partial charge is 0.337 e. The Morgan fingerprint density at radius 3 is 2.46 bits per heavy atom. The van der Waals surface area contributed by atoms with Gasteiger partial charge < -0.3 is 9.64 Å². The molecule has 1 aromatic carbocycles. The molecule has 2 heterocycles. The molecule has 2 aromatic rings. The summed E-state index contributed by atoms with van der Waals surface area (Å²) >= 11 is 0. The van der Waals surface area contributed by atoms with Gasteiger partial charge in [0.15, 0.2) is 5.82 Å². The lowest BCUT2D eigenvalue weighted by atomic mass is 10.1. The Kier molecular flexibility index (Phi) is 5.11. The number of carbonyl (C=O) groups excluding carboxylic acids is 1. The maximum atomic E-state index is 12.6. The second-order valence-electron chi connectivity index (χ2n) is 7.35. The molecule has 1 aromatic heterocycles. The Balaban J connectivity index is 1.34. The van der Waals surface area contributed by atoms with Gasteiger partial charge in [0.05, 0.1) is 17.6 Å². The largest absolute Gasteiger partial charge is 0.465 e. The molecule has 0 atom stereocenters. The van der Waals surface area contributed by atoms with Crippen LogP contribution in [0, 0.1) is 0 Å². The molecule has 1 aliphatic carbocycles. The second kappa shape index (κ2) is 7.56. The van der Waals surface area contributed by atoms with Crippen LogP contribution in [0.5, 0.6) is 0 Å². The summed E-state index contributed by atoms with van der Waals surface area (Å²) in [6.07, 6.45) is 3.88. The van der Waals surface area contributed by atoms with Crippen LogP contribution >= 0.6 is 0 Å². The van der Waals surface area contributed by atoms with Crippen LogP contribution in [-0.2, 0) is 14.8 Å². The van der Waals surface area contributed by atoms with Gasteiger partial charge in [0.2, 0.25) is 10.0 Å². The van der Waals surface area contributed by atoms with Crippen LogP contribution in [0.2, 0.25) is 0 Å². The van der Waals surface area contributed by atoms with Crippen molar-refractivity contribution in [2.75, 3.05) is 25.1 Å². The Hall–Kier alpha value is -2.39. The number of methoxy groups -OCH3 is 1. The molecule has 8 nitrogen and oxygen atoms in total. The van der Waals surface area contributed by atoms with Crippen molar-refractivity contribution >= 4 is 21.8 Å². The summed E-state index contributed by atoms with van der Waals surface area (Å²) in [5.41, 5.74) is 1.52. The molecular weight excluding hydrogens is 380 g/mol. The maximum Gasteiger partial charge on any atom is 0.337 e. The zero-order chi connectivity index (χ0) is 19.7. The van der Waals surface area contributed by atoms with Crippen molar-refractivity contribution in [2.45, 2.75) is 42.5 Å². The molecule has 2 N–H and O–H groups in total. The molecule has 0 amide bonds. The second-order valence-corrected chi connectivity index (χ2v) is 9.07. The van der Waals surface area contributed by atoms with Gasteiger partial charge in [0.25, 0.3) is 0 Å². The fourth-order valence-electron chi connectivity index (χ4n) is 3.49. The molecule has 1 saturated heterocycles. The lowest BCUT2D eigenvalue weighted by Crippen LogP contribution is -2.44. The number of sulfonamides is 1. The van der Waals surface area contributed by atoms with E-state index in [2.05, 4.69) is 30.6 Å². The molecule has 1 aliphatic heterocycles. The molecule has 4 rings (SSSR count). The zero-order valence-electron chi connectivity index (χ0n) is 15.7. The first-order valence-electron chi connectivity index (χ1n) is 9.47. The Bertz CT molecular complexity index is 943. The number of esters is 1. The molecule has 1 saturated carbocycles. The van der Waals surface area contributed by atoms with E-state index in [1.807, 2.05) is 0 Å². The minimum absolute atomic E-state index is 0.122. The fraction of sp³-hybridized carbons (Fsp3) is 0.474. The normalized spacial score (nSPS) is 18.2. The van der Waals surface area contributed by atoms with Crippen LogP contribution in [0.1, 0.15) is 47.7 Å². The number of hydrogen-bond acceptors (Lipinski definition) is 6. The molecule has 0 unspecified atom stereocenters. The molecule has 2 fully saturated rings. The summed E-state index contributed by atoms with van der Waals surface area (Å²) in [6, 6.07) is 7.75. The SMILES string of the molecule is COC(=O)c1ccc(S(=O)(=O)NC2CCN(c3cc(C4CC4)[nH]n3)CC2)cc1. The Labute approximate surface area is 164 Å². The van der Waals surface area contributed by atoms with E-state index in [0.717, 1.165) is 18.9 Å². The topological polar surface area (TPSA) is 104 Å². The summed E-state index contributed by atoms with van der Waals surface area (Å²) < 4.78 is 32.7. The Morgan fingerprint density at radius 2 is 1.86 bits per heavy atom. The third-order valence-electron chi connectivity index (χ3n) is 5.33. The van der Waals surface area contributed by atoms with Gasteiger partial charge in [-0.15, -0.1) is 0 Å². The van der Waals surface area contributed by atoms with Gasteiger partial charge in [-0.1, -0.05) is 0 Å². The van der Waals surface area contributed by atoms with Gasteiger partial charge in [-0.05, 0) is 49.9 Å². The number of H-pyrrole nitrogens is 1. The van der Waals surface area contributed by atoms with Crippen LogP contribution in [0.15, 0.2) is 35.2 Å². The molecule has 28 heavy (non-hydrogen) atoms. The quantitative estimate of drug-likeness (QED) is 0.714. The van der Waals surface area contributed by atoms with Crippen LogP contribution in [0.3, 0.4) is 0 Å². The minimum atomic E-state index is -3.63. The van der Waals surface area contributed by atoms with Gasteiger partial charge in [0.1, 0.15) is 0 Å². The number of ether oxygens (including phenoxy) is 1. The minimum Gasteiger partial charge on any atom is -0.465 e. The maximum absolute atomic E-state index is 12.6. The number of piperidine rings is 1. The molecule has 2 aliphatic rings. The predicted octanol–water partition coefficient (Wildman–Crippen LogP) is 2.02. The van der Waals surface area contributed by atoms with Gasteiger partial charge in [0, 0.05) is 36.8 Å². The lowest BCUT2D eigenvalue weighted by Gasteiger charge is -2.32. The van der Waals surface area contributed by atoms with Crippen LogP contribution in [0.4, 0.5) is 5.82 Å². The van der Waals surface area contributed by atoms with Crippen molar-refractivity contribution in [3.63, 3.8) is 0 Å². The summed E-state index contributed by atoms with van der Waals surface area (Å²) in [7, 11) is -2.34. The molecule has 0 bridgehead atoms. The number of hydrogen-bond donors (Lipinski definition) is 2. The van der Waals surface area contributed by atoms with E-state index >= 15 is 0 Å². The highest BCUT2D eigenvalue weighted by Gasteiger charge is 2.28. The predicted molar refractivity (Wildman–Crippen MR) is 104 cm³/mol. The fourth-order valence-corrected chi connectivity index (χ4v) is 4.80. The number of benzene rings is 1. The van der Waals surface area contributed by atoms with Gasteiger partial charge >= 0.3 is 5.97 Å². The number of aromatic nitrogens is 2. The van der Waals surface area contributed by atoms with E-state index in [1.54, 1.807) is 0 Å². The van der Waals surface area contributed by atoms with Gasteiger partial charge in [-0.3, -0.25) is 5.10 Å². The first kappa shape index (κ1) is 18.9. The summed E-state index contributed by atoms with van der Waals surface area (Å²) in [6.45, 7) is 1.51. The van der Waals surface area contributed by atoms with Crippen molar-refractivity contribution in [2.24, 2.45) is 0 Å². The average Bonchev–Trinajstić information content (AvgIpc) is 3.45. The van der Waals surface area contributed by atoms with Crippen LogP contribution < -0.4 is 9.62 Å². The number of rotatable bonds is 6. The highest BCUT2D eigenvalue weighted by Crippen LogP contribution is 2.40.